The van der Waals surface area contributed by atoms with Crippen LogP contribution in [0.4, 0.5) is 0 Å². The van der Waals surface area contributed by atoms with Crippen molar-refractivity contribution in [3.8, 4) is 0 Å². The third-order valence-electron chi connectivity index (χ3n) is 8.43. The van der Waals surface area contributed by atoms with Gasteiger partial charge in [-0.2, -0.15) is 0 Å². The molecule has 2 unspecified atom stereocenters. The van der Waals surface area contributed by atoms with Crippen molar-refractivity contribution in [2.24, 2.45) is 0 Å². The van der Waals surface area contributed by atoms with E-state index in [4.69, 9.17) is 18.5 Å². The van der Waals surface area contributed by atoms with Crippen molar-refractivity contribution in [2.45, 2.75) is 148 Å². The number of unbranched alkanes of at least 4 members (excludes halogenated alkanes) is 9. The first-order valence-corrected chi connectivity index (χ1v) is 22.8. The van der Waals surface area contributed by atoms with Crippen LogP contribution in [0.3, 0.4) is 0 Å². The molecule has 0 N–H and O–H groups in total. The summed E-state index contributed by atoms with van der Waals surface area (Å²) in [4.78, 5) is 37.4. The highest BCUT2D eigenvalue weighted by Crippen LogP contribution is 2.38. The zero-order valence-electron chi connectivity index (χ0n) is 35.8. The highest BCUT2D eigenvalue weighted by Gasteiger charge is 2.21. The SMILES string of the molecule is CC/C=C\C/C=C\C/C=C\C/C=C\C/C=C\C/C=C\C/C=C\CCCC(=O)OC(COC(=O)CCCCCCCCCCC)COP(=O)([O-])OCC[N+](C)(C)C. The van der Waals surface area contributed by atoms with E-state index in [0.717, 1.165) is 64.2 Å². The summed E-state index contributed by atoms with van der Waals surface area (Å²) >= 11 is 0. The predicted molar refractivity (Wildman–Crippen MR) is 231 cm³/mol. The fourth-order valence-electron chi connectivity index (χ4n) is 5.11. The molecule has 0 rings (SSSR count). The summed E-state index contributed by atoms with van der Waals surface area (Å²) in [6, 6.07) is 0. The van der Waals surface area contributed by atoms with E-state index < -0.39 is 32.5 Å². The van der Waals surface area contributed by atoms with Gasteiger partial charge in [0.2, 0.25) is 0 Å². The fourth-order valence-corrected chi connectivity index (χ4v) is 5.84. The van der Waals surface area contributed by atoms with Crippen molar-refractivity contribution in [1.29, 1.82) is 0 Å². The van der Waals surface area contributed by atoms with Gasteiger partial charge in [-0.3, -0.25) is 14.2 Å². The average Bonchev–Trinajstić information content (AvgIpc) is 3.15. The van der Waals surface area contributed by atoms with Gasteiger partial charge in [0.05, 0.1) is 27.7 Å². The van der Waals surface area contributed by atoms with Crippen molar-refractivity contribution < 1.29 is 42.1 Å². The Kier molecular flexibility index (Phi) is 35.9. The lowest BCUT2D eigenvalue weighted by atomic mass is 10.1. The minimum absolute atomic E-state index is 0.0456. The molecule has 0 spiro atoms. The molecule has 2 atom stereocenters. The van der Waals surface area contributed by atoms with Gasteiger partial charge in [0, 0.05) is 12.8 Å². The van der Waals surface area contributed by atoms with E-state index in [1.165, 1.54) is 38.5 Å². The third kappa shape index (κ3) is 40.8. The van der Waals surface area contributed by atoms with Crippen LogP contribution in [-0.2, 0) is 32.7 Å². The molecule has 56 heavy (non-hydrogen) atoms. The van der Waals surface area contributed by atoms with Crippen LogP contribution in [0.25, 0.3) is 0 Å². The van der Waals surface area contributed by atoms with Crippen molar-refractivity contribution in [3.63, 3.8) is 0 Å². The summed E-state index contributed by atoms with van der Waals surface area (Å²) < 4.78 is 33.7. The van der Waals surface area contributed by atoms with Crippen LogP contribution in [0.5, 0.6) is 0 Å². The molecule has 0 saturated carbocycles. The summed E-state index contributed by atoms with van der Waals surface area (Å²) in [5.74, 6) is -0.916. The van der Waals surface area contributed by atoms with Gasteiger partial charge in [-0.1, -0.05) is 150 Å². The lowest BCUT2D eigenvalue weighted by molar-refractivity contribution is -0.870. The van der Waals surface area contributed by atoms with Gasteiger partial charge in [0.15, 0.2) is 6.10 Å². The second-order valence-electron chi connectivity index (χ2n) is 15.0. The van der Waals surface area contributed by atoms with E-state index in [0.29, 0.717) is 23.9 Å². The van der Waals surface area contributed by atoms with Crippen molar-refractivity contribution in [2.75, 3.05) is 47.5 Å². The largest absolute Gasteiger partial charge is 0.756 e. The van der Waals surface area contributed by atoms with Gasteiger partial charge < -0.3 is 27.9 Å². The molecule has 0 fully saturated rings. The second-order valence-corrected chi connectivity index (χ2v) is 16.4. The molecule has 0 aromatic carbocycles. The number of esters is 2. The van der Waals surface area contributed by atoms with Crippen LogP contribution in [0.1, 0.15) is 142 Å². The van der Waals surface area contributed by atoms with E-state index in [2.05, 4.69) is 92.8 Å². The number of phosphoric acid groups is 1. The molecule has 10 heteroatoms. The van der Waals surface area contributed by atoms with Gasteiger partial charge in [0.1, 0.15) is 19.8 Å². The standard InChI is InChI=1S/C46H78NO8P/c1-6-8-10-12-14-16-17-18-19-20-21-22-23-24-25-26-27-28-29-31-33-35-37-39-46(49)55-44(43-54-56(50,51)53-41-40-47(3,4)5)42-52-45(48)38-36-34-32-30-15-13-11-9-7-2/h8,10,14,16,18-19,21-22,24-25,27-28,31,33,44H,6-7,9,11-13,15,17,20,23,26,29-30,32,34-43H2,1-5H3/b10-8-,16-14-,19-18-,22-21-,25-24-,28-27-,33-31-. The number of ether oxygens (including phenoxy) is 2. The molecule has 0 heterocycles. The number of hydrogen-bond acceptors (Lipinski definition) is 8. The van der Waals surface area contributed by atoms with Crippen LogP contribution in [0.2, 0.25) is 0 Å². The lowest BCUT2D eigenvalue weighted by Crippen LogP contribution is -2.37. The molecule has 9 nitrogen and oxygen atoms in total. The maximum absolute atomic E-state index is 12.6. The topological polar surface area (TPSA) is 111 Å². The molecule has 0 bridgehead atoms. The fraction of sp³-hybridized carbons (Fsp3) is 0.652. The van der Waals surface area contributed by atoms with Gasteiger partial charge in [-0.15, -0.1) is 0 Å². The van der Waals surface area contributed by atoms with Gasteiger partial charge >= 0.3 is 11.9 Å². The Hall–Kier alpha value is -2.81. The van der Waals surface area contributed by atoms with Gasteiger partial charge in [-0.25, -0.2) is 0 Å². The number of carbonyl (C=O) groups is 2. The quantitative estimate of drug-likeness (QED) is 0.0201. The molecule has 0 saturated heterocycles. The summed E-state index contributed by atoms with van der Waals surface area (Å²) in [6.45, 7) is 3.99. The highest BCUT2D eigenvalue weighted by atomic mass is 31.2. The molecular formula is C46H78NO8P. The molecule has 0 aromatic heterocycles. The zero-order valence-corrected chi connectivity index (χ0v) is 36.7. The van der Waals surface area contributed by atoms with Crippen LogP contribution in [0, 0.1) is 0 Å². The maximum atomic E-state index is 12.6. The summed E-state index contributed by atoms with van der Waals surface area (Å²) in [5.41, 5.74) is 0. The first-order chi connectivity index (χ1) is 27.0. The van der Waals surface area contributed by atoms with Crippen LogP contribution >= 0.6 is 7.82 Å². The van der Waals surface area contributed by atoms with Crippen LogP contribution < -0.4 is 4.89 Å². The van der Waals surface area contributed by atoms with E-state index in [1.807, 2.05) is 27.2 Å². The van der Waals surface area contributed by atoms with Gasteiger partial charge in [-0.05, 0) is 64.2 Å². The number of carbonyl (C=O) groups excluding carboxylic acids is 2. The third-order valence-corrected chi connectivity index (χ3v) is 9.39. The van der Waals surface area contributed by atoms with E-state index >= 15 is 0 Å². The minimum Gasteiger partial charge on any atom is -0.756 e. The van der Waals surface area contributed by atoms with E-state index in [1.54, 1.807) is 0 Å². The summed E-state index contributed by atoms with van der Waals surface area (Å²) in [5, 5.41) is 0. The first-order valence-electron chi connectivity index (χ1n) is 21.3. The normalized spacial score (nSPS) is 14.5. The summed E-state index contributed by atoms with van der Waals surface area (Å²) in [7, 11) is 1.11. The van der Waals surface area contributed by atoms with E-state index in [-0.39, 0.29) is 26.1 Å². The monoisotopic (exact) mass is 804 g/mol. The number of phosphoric ester groups is 1. The number of nitrogens with zero attached hydrogens (tertiary/aromatic N) is 1. The number of quaternary nitrogens is 1. The minimum atomic E-state index is -4.64. The van der Waals surface area contributed by atoms with Crippen LogP contribution in [0.15, 0.2) is 85.1 Å². The first kappa shape index (κ1) is 53.2. The number of likely N-dealkylation sites (N-methyl/N-ethyl adjacent to an activating group) is 1. The zero-order chi connectivity index (χ0) is 41.4. The molecule has 320 valence electrons. The molecule has 0 aromatic rings. The maximum Gasteiger partial charge on any atom is 0.306 e. The molecule has 0 aliphatic rings. The van der Waals surface area contributed by atoms with Crippen molar-refractivity contribution in [1.82, 2.24) is 0 Å². The van der Waals surface area contributed by atoms with Crippen molar-refractivity contribution in [3.05, 3.63) is 85.1 Å². The predicted octanol–water partition coefficient (Wildman–Crippen LogP) is 11.4. The highest BCUT2D eigenvalue weighted by molar-refractivity contribution is 7.45. The Morgan fingerprint density at radius 2 is 1.02 bits per heavy atom. The Balaban J connectivity index is 4.45. The molecule has 0 aliphatic heterocycles. The molecule has 0 aliphatic carbocycles. The second kappa shape index (κ2) is 37.7. The Morgan fingerprint density at radius 1 is 0.571 bits per heavy atom. The number of allylic oxidation sites excluding steroid dienone is 14. The van der Waals surface area contributed by atoms with Crippen LogP contribution in [-0.4, -0.2) is 70.0 Å². The van der Waals surface area contributed by atoms with Crippen molar-refractivity contribution >= 4 is 19.8 Å². The Morgan fingerprint density at radius 3 is 1.50 bits per heavy atom. The summed E-state index contributed by atoms with van der Waals surface area (Å²) in [6.07, 6.45) is 47.7. The molecule has 0 amide bonds. The smallest absolute Gasteiger partial charge is 0.306 e. The lowest BCUT2D eigenvalue weighted by Gasteiger charge is -2.28. The molecular weight excluding hydrogens is 725 g/mol. The molecule has 0 radical (unpaired) electrons. The Labute approximate surface area is 341 Å². The number of rotatable bonds is 37. The number of hydrogen-bond donors (Lipinski definition) is 0. The van der Waals surface area contributed by atoms with E-state index in [9.17, 15) is 19.0 Å². The average molecular weight is 804 g/mol. The van der Waals surface area contributed by atoms with Gasteiger partial charge in [0.25, 0.3) is 7.82 Å². The Bertz CT molecular complexity index is 1230.